The summed E-state index contributed by atoms with van der Waals surface area (Å²) in [4.78, 5) is 0. The van der Waals surface area contributed by atoms with Gasteiger partial charge in [0.15, 0.2) is 0 Å². The fourth-order valence-electron chi connectivity index (χ4n) is 0.873. The van der Waals surface area contributed by atoms with E-state index in [2.05, 4.69) is 13.8 Å². The van der Waals surface area contributed by atoms with Gasteiger partial charge < -0.3 is 0 Å². The van der Waals surface area contributed by atoms with Gasteiger partial charge in [-0.15, -0.1) is 0 Å². The maximum atomic E-state index is 11.2. The first-order valence-corrected chi connectivity index (χ1v) is 8.15. The van der Waals surface area contributed by atoms with Gasteiger partial charge in [-0.3, -0.25) is 0 Å². The summed E-state index contributed by atoms with van der Waals surface area (Å²) < 4.78 is 11.2. The molecule has 0 spiro atoms. The molecule has 0 aliphatic heterocycles. The SMILES string of the molecule is CCC[CH2][Ge](=[O])[CH2]CCC. The Kier molecular flexibility index (Phi) is 7.71. The van der Waals surface area contributed by atoms with Gasteiger partial charge in [-0.05, 0) is 0 Å². The molecule has 0 saturated carbocycles. The number of hydrogen-bond acceptors (Lipinski definition) is 1. The van der Waals surface area contributed by atoms with E-state index in [0.717, 1.165) is 10.5 Å². The second-order valence-corrected chi connectivity index (χ2v) is 7.10. The van der Waals surface area contributed by atoms with Crippen LogP contribution >= 0.6 is 0 Å². The normalized spacial score (nSPS) is 9.80. The van der Waals surface area contributed by atoms with Crippen molar-refractivity contribution >= 4 is 14.3 Å². The molecule has 0 aromatic rings. The Bertz CT molecular complexity index is 81.3. The summed E-state index contributed by atoms with van der Waals surface area (Å²) in [6, 6.07) is 0. The molecule has 0 bridgehead atoms. The molecular formula is C8H18GeO. The van der Waals surface area contributed by atoms with Crippen LogP contribution in [0.2, 0.25) is 10.5 Å². The summed E-state index contributed by atoms with van der Waals surface area (Å²) >= 11 is -1.73. The van der Waals surface area contributed by atoms with E-state index < -0.39 is 14.3 Å². The van der Waals surface area contributed by atoms with E-state index in [1.165, 1.54) is 25.7 Å². The Morgan fingerprint density at radius 1 is 1.00 bits per heavy atom. The van der Waals surface area contributed by atoms with Gasteiger partial charge in [0.1, 0.15) is 0 Å². The number of rotatable bonds is 6. The molecule has 0 aromatic heterocycles. The number of hydrogen-bond donors (Lipinski definition) is 0. The molecule has 0 heterocycles. The Labute approximate surface area is 68.5 Å². The van der Waals surface area contributed by atoms with Crippen LogP contribution in [0.15, 0.2) is 0 Å². The van der Waals surface area contributed by atoms with E-state index in [9.17, 15) is 3.78 Å². The van der Waals surface area contributed by atoms with E-state index in [-0.39, 0.29) is 0 Å². The van der Waals surface area contributed by atoms with Gasteiger partial charge in [-0.1, -0.05) is 0 Å². The van der Waals surface area contributed by atoms with Gasteiger partial charge in [0.2, 0.25) is 0 Å². The summed E-state index contributed by atoms with van der Waals surface area (Å²) in [7, 11) is 0. The van der Waals surface area contributed by atoms with Gasteiger partial charge >= 0.3 is 68.1 Å². The van der Waals surface area contributed by atoms with Crippen molar-refractivity contribution in [2.24, 2.45) is 0 Å². The van der Waals surface area contributed by atoms with Crippen LogP contribution in [0.5, 0.6) is 0 Å². The Morgan fingerprint density at radius 2 is 1.40 bits per heavy atom. The quantitative estimate of drug-likeness (QED) is 0.606. The van der Waals surface area contributed by atoms with Crippen LogP contribution in [0.4, 0.5) is 0 Å². The molecule has 0 saturated heterocycles. The van der Waals surface area contributed by atoms with Crippen LogP contribution < -0.4 is 0 Å². The van der Waals surface area contributed by atoms with Crippen molar-refractivity contribution in [3.8, 4) is 0 Å². The summed E-state index contributed by atoms with van der Waals surface area (Å²) in [5, 5.41) is 2.10. The fraction of sp³-hybridized carbons (Fsp3) is 1.00. The summed E-state index contributed by atoms with van der Waals surface area (Å²) in [6.07, 6.45) is 4.76. The second kappa shape index (κ2) is 7.45. The van der Waals surface area contributed by atoms with Gasteiger partial charge in [0, 0.05) is 0 Å². The van der Waals surface area contributed by atoms with Gasteiger partial charge in [0.05, 0.1) is 0 Å². The van der Waals surface area contributed by atoms with E-state index in [1.54, 1.807) is 0 Å². The third-order valence-corrected chi connectivity index (χ3v) is 5.44. The maximum absolute atomic E-state index is 11.2. The Balaban J connectivity index is 3.09. The zero-order valence-corrected chi connectivity index (χ0v) is 9.25. The summed E-state index contributed by atoms with van der Waals surface area (Å²) in [5.74, 6) is 0. The summed E-state index contributed by atoms with van der Waals surface area (Å²) in [6.45, 7) is 4.32. The van der Waals surface area contributed by atoms with Gasteiger partial charge in [-0.25, -0.2) is 0 Å². The van der Waals surface area contributed by atoms with Gasteiger partial charge in [0.25, 0.3) is 0 Å². The van der Waals surface area contributed by atoms with Crippen LogP contribution in [0.1, 0.15) is 39.5 Å². The van der Waals surface area contributed by atoms with Gasteiger partial charge in [-0.2, -0.15) is 0 Å². The van der Waals surface area contributed by atoms with Crippen molar-refractivity contribution in [2.75, 3.05) is 0 Å². The molecule has 0 fully saturated rings. The van der Waals surface area contributed by atoms with Crippen LogP contribution in [0, 0.1) is 0 Å². The minimum atomic E-state index is -1.73. The second-order valence-electron chi connectivity index (χ2n) is 2.75. The fourth-order valence-corrected chi connectivity index (χ4v) is 4.54. The van der Waals surface area contributed by atoms with E-state index in [4.69, 9.17) is 0 Å². The topological polar surface area (TPSA) is 17.1 Å². The third kappa shape index (κ3) is 6.46. The third-order valence-electron chi connectivity index (χ3n) is 1.62. The molecule has 2 heteroatoms. The molecule has 0 radical (unpaired) electrons. The van der Waals surface area contributed by atoms with Crippen molar-refractivity contribution in [3.05, 3.63) is 0 Å². The monoisotopic (exact) mass is 204 g/mol. The van der Waals surface area contributed by atoms with Crippen molar-refractivity contribution in [2.45, 2.75) is 50.0 Å². The molecule has 0 N–H and O–H groups in total. The summed E-state index contributed by atoms with van der Waals surface area (Å²) in [5.41, 5.74) is 0. The van der Waals surface area contributed by atoms with Crippen molar-refractivity contribution in [1.82, 2.24) is 0 Å². The first-order valence-electron chi connectivity index (χ1n) is 4.33. The zero-order chi connectivity index (χ0) is 7.82. The molecule has 0 aliphatic rings. The molecule has 1 nitrogen and oxygen atoms in total. The predicted octanol–water partition coefficient (Wildman–Crippen LogP) is 3.01. The Morgan fingerprint density at radius 3 is 1.70 bits per heavy atom. The molecule has 10 heavy (non-hydrogen) atoms. The standard InChI is InChI=1S/C8H18GeO/c1-3-5-7-9(10)8-6-4-2/h3-8H2,1-2H3. The molecular weight excluding hydrogens is 185 g/mol. The first kappa shape index (κ1) is 10.3. The van der Waals surface area contributed by atoms with Crippen LogP contribution in [-0.4, -0.2) is 14.3 Å². The van der Waals surface area contributed by atoms with E-state index in [1.807, 2.05) is 0 Å². The van der Waals surface area contributed by atoms with Crippen LogP contribution in [0.25, 0.3) is 0 Å². The van der Waals surface area contributed by atoms with Crippen LogP contribution in [0.3, 0.4) is 0 Å². The predicted molar refractivity (Wildman–Crippen MR) is 45.9 cm³/mol. The number of unbranched alkanes of at least 4 members (excludes halogenated alkanes) is 2. The molecule has 0 rings (SSSR count). The Hall–Kier alpha value is 0.343. The first-order chi connectivity index (χ1) is 4.81. The molecule has 0 unspecified atom stereocenters. The van der Waals surface area contributed by atoms with Crippen molar-refractivity contribution in [3.63, 3.8) is 0 Å². The van der Waals surface area contributed by atoms with Crippen molar-refractivity contribution in [1.29, 1.82) is 0 Å². The zero-order valence-electron chi connectivity index (χ0n) is 7.15. The van der Waals surface area contributed by atoms with E-state index in [0.29, 0.717) is 0 Å². The van der Waals surface area contributed by atoms with E-state index >= 15 is 0 Å². The molecule has 0 amide bonds. The van der Waals surface area contributed by atoms with Crippen LogP contribution in [-0.2, 0) is 3.78 Å². The molecule has 60 valence electrons. The molecule has 0 aliphatic carbocycles. The molecule has 0 aromatic carbocycles. The average Bonchev–Trinajstić information content (AvgIpc) is 1.97. The average molecular weight is 203 g/mol. The van der Waals surface area contributed by atoms with Crippen molar-refractivity contribution < 1.29 is 3.78 Å². The minimum absolute atomic E-state index is 1.05. The molecule has 0 atom stereocenters.